The zero-order valence-corrected chi connectivity index (χ0v) is 17.1. The first-order valence-corrected chi connectivity index (χ1v) is 10.1. The van der Waals surface area contributed by atoms with E-state index in [9.17, 15) is 13.2 Å². The van der Waals surface area contributed by atoms with Gasteiger partial charge in [-0.2, -0.15) is 0 Å². The van der Waals surface area contributed by atoms with Crippen LogP contribution in [-0.2, 0) is 10.0 Å². The van der Waals surface area contributed by atoms with Crippen molar-refractivity contribution >= 4 is 16.0 Å². The standard InChI is InChI=1S/C20H25NO5S/c1-6-11-25-17-9-7-8-10-18(17)26-20(22)16-12-14(2)15(3)19(13-16)27(23,24)21(4)5/h7-10,12-13H,6,11H2,1-5H3. The van der Waals surface area contributed by atoms with Crippen molar-refractivity contribution in [2.45, 2.75) is 32.1 Å². The SMILES string of the molecule is CCCOc1ccccc1OC(=O)c1cc(C)c(C)c(S(=O)(=O)N(C)C)c1. The summed E-state index contributed by atoms with van der Waals surface area (Å²) in [5.41, 5.74) is 1.47. The molecule has 6 nitrogen and oxygen atoms in total. The van der Waals surface area contributed by atoms with Crippen molar-refractivity contribution < 1.29 is 22.7 Å². The van der Waals surface area contributed by atoms with Crippen molar-refractivity contribution in [1.82, 2.24) is 4.31 Å². The van der Waals surface area contributed by atoms with Gasteiger partial charge in [0.1, 0.15) is 0 Å². The van der Waals surface area contributed by atoms with Crippen LogP contribution in [0.15, 0.2) is 41.3 Å². The molecule has 0 saturated heterocycles. The Bertz CT molecular complexity index is 935. The molecule has 0 heterocycles. The van der Waals surface area contributed by atoms with Crippen LogP contribution in [0, 0.1) is 13.8 Å². The molecule has 0 atom stereocenters. The quantitative estimate of drug-likeness (QED) is 0.533. The highest BCUT2D eigenvalue weighted by Crippen LogP contribution is 2.29. The van der Waals surface area contributed by atoms with Crippen LogP contribution in [0.4, 0.5) is 0 Å². The summed E-state index contributed by atoms with van der Waals surface area (Å²) in [6.07, 6.45) is 0.825. The number of esters is 1. The van der Waals surface area contributed by atoms with Gasteiger partial charge >= 0.3 is 5.97 Å². The van der Waals surface area contributed by atoms with E-state index in [-0.39, 0.29) is 10.5 Å². The Morgan fingerprint density at radius 3 is 2.30 bits per heavy atom. The van der Waals surface area contributed by atoms with Crippen molar-refractivity contribution in [3.05, 3.63) is 53.1 Å². The fraction of sp³-hybridized carbons (Fsp3) is 0.350. The molecule has 2 aromatic carbocycles. The molecular weight excluding hydrogens is 366 g/mol. The van der Waals surface area contributed by atoms with E-state index >= 15 is 0 Å². The van der Waals surface area contributed by atoms with Crippen molar-refractivity contribution in [3.63, 3.8) is 0 Å². The summed E-state index contributed by atoms with van der Waals surface area (Å²) in [6.45, 7) is 5.97. The third-order valence-corrected chi connectivity index (χ3v) is 6.07. The first-order chi connectivity index (χ1) is 12.7. The van der Waals surface area contributed by atoms with Crippen molar-refractivity contribution in [3.8, 4) is 11.5 Å². The molecule has 2 aromatic rings. The maximum atomic E-state index is 12.7. The lowest BCUT2D eigenvalue weighted by atomic mass is 10.1. The second-order valence-corrected chi connectivity index (χ2v) is 8.51. The molecule has 27 heavy (non-hydrogen) atoms. The number of hydrogen-bond acceptors (Lipinski definition) is 5. The van der Waals surface area contributed by atoms with Gasteiger partial charge in [-0.15, -0.1) is 0 Å². The number of rotatable bonds is 7. The number of benzene rings is 2. The molecular formula is C20H25NO5S. The van der Waals surface area contributed by atoms with Crippen LogP contribution in [0.5, 0.6) is 11.5 Å². The minimum atomic E-state index is -3.68. The molecule has 146 valence electrons. The number of para-hydroxylation sites is 2. The van der Waals surface area contributed by atoms with Crippen molar-refractivity contribution in [2.75, 3.05) is 20.7 Å². The summed E-state index contributed by atoms with van der Waals surface area (Å²) in [5, 5.41) is 0. The van der Waals surface area contributed by atoms with Crippen LogP contribution in [0.2, 0.25) is 0 Å². The first kappa shape index (κ1) is 20.9. The second-order valence-electron chi connectivity index (χ2n) is 6.39. The number of ether oxygens (including phenoxy) is 2. The van der Waals surface area contributed by atoms with Gasteiger partial charge < -0.3 is 9.47 Å². The van der Waals surface area contributed by atoms with Gasteiger partial charge in [0, 0.05) is 14.1 Å². The summed E-state index contributed by atoms with van der Waals surface area (Å²) >= 11 is 0. The molecule has 7 heteroatoms. The highest BCUT2D eigenvalue weighted by Gasteiger charge is 2.24. The fourth-order valence-corrected chi connectivity index (χ4v) is 3.65. The zero-order chi connectivity index (χ0) is 20.2. The average Bonchev–Trinajstić information content (AvgIpc) is 2.62. The molecule has 0 spiro atoms. The van der Waals surface area contributed by atoms with Crippen LogP contribution in [0.25, 0.3) is 0 Å². The van der Waals surface area contributed by atoms with E-state index in [4.69, 9.17) is 9.47 Å². The Balaban J connectivity index is 2.40. The molecule has 0 aliphatic carbocycles. The van der Waals surface area contributed by atoms with E-state index in [0.717, 1.165) is 10.7 Å². The van der Waals surface area contributed by atoms with Gasteiger partial charge in [0.15, 0.2) is 11.5 Å². The zero-order valence-electron chi connectivity index (χ0n) is 16.3. The van der Waals surface area contributed by atoms with Crippen LogP contribution in [0.1, 0.15) is 34.8 Å². The van der Waals surface area contributed by atoms with Crippen LogP contribution < -0.4 is 9.47 Å². The minimum absolute atomic E-state index is 0.0926. The van der Waals surface area contributed by atoms with Crippen LogP contribution in [-0.4, -0.2) is 39.4 Å². The molecule has 0 radical (unpaired) electrons. The van der Waals surface area contributed by atoms with E-state index < -0.39 is 16.0 Å². The second kappa shape index (κ2) is 8.54. The first-order valence-electron chi connectivity index (χ1n) is 8.66. The smallest absolute Gasteiger partial charge is 0.343 e. The Labute approximate surface area is 160 Å². The summed E-state index contributed by atoms with van der Waals surface area (Å²) in [6, 6.07) is 9.88. The molecule has 0 aliphatic heterocycles. The molecule has 0 aromatic heterocycles. The third kappa shape index (κ3) is 4.67. The lowest BCUT2D eigenvalue weighted by molar-refractivity contribution is 0.0727. The Morgan fingerprint density at radius 1 is 1.07 bits per heavy atom. The number of hydrogen-bond donors (Lipinski definition) is 0. The van der Waals surface area contributed by atoms with Gasteiger partial charge in [-0.1, -0.05) is 19.1 Å². The number of carbonyl (C=O) groups excluding carboxylic acids is 1. The Hall–Kier alpha value is -2.38. The summed E-state index contributed by atoms with van der Waals surface area (Å²) in [7, 11) is -0.769. The van der Waals surface area contributed by atoms with E-state index in [0.29, 0.717) is 29.2 Å². The molecule has 0 amide bonds. The van der Waals surface area contributed by atoms with Gasteiger partial charge in [0.2, 0.25) is 10.0 Å². The lowest BCUT2D eigenvalue weighted by Gasteiger charge is -2.16. The van der Waals surface area contributed by atoms with Crippen LogP contribution in [0.3, 0.4) is 0 Å². The number of sulfonamides is 1. The minimum Gasteiger partial charge on any atom is -0.490 e. The number of aryl methyl sites for hydroxylation is 1. The molecule has 0 bridgehead atoms. The number of carbonyl (C=O) groups is 1. The molecule has 0 unspecified atom stereocenters. The van der Waals surface area contributed by atoms with Crippen molar-refractivity contribution in [1.29, 1.82) is 0 Å². The maximum absolute atomic E-state index is 12.7. The van der Waals surface area contributed by atoms with E-state index in [2.05, 4.69) is 0 Å². The molecule has 0 fully saturated rings. The predicted octanol–water partition coefficient (Wildman–Crippen LogP) is 3.56. The van der Waals surface area contributed by atoms with Crippen molar-refractivity contribution in [2.24, 2.45) is 0 Å². The maximum Gasteiger partial charge on any atom is 0.343 e. The molecule has 0 N–H and O–H groups in total. The molecule has 2 rings (SSSR count). The lowest BCUT2D eigenvalue weighted by Crippen LogP contribution is -2.24. The highest BCUT2D eigenvalue weighted by atomic mass is 32.2. The van der Waals surface area contributed by atoms with Gasteiger partial charge in [-0.25, -0.2) is 17.5 Å². The normalized spacial score (nSPS) is 11.5. The van der Waals surface area contributed by atoms with Crippen LogP contribution >= 0.6 is 0 Å². The predicted molar refractivity (Wildman–Crippen MR) is 104 cm³/mol. The van der Waals surface area contributed by atoms with E-state index in [1.807, 2.05) is 6.92 Å². The highest BCUT2D eigenvalue weighted by molar-refractivity contribution is 7.89. The van der Waals surface area contributed by atoms with Gasteiger partial charge in [-0.3, -0.25) is 0 Å². The average molecular weight is 391 g/mol. The van der Waals surface area contributed by atoms with Gasteiger partial charge in [0.25, 0.3) is 0 Å². The molecule has 0 aliphatic rings. The molecule has 0 saturated carbocycles. The Kier molecular flexibility index (Phi) is 6.62. The van der Waals surface area contributed by atoms with Gasteiger partial charge in [0.05, 0.1) is 17.1 Å². The summed E-state index contributed by atoms with van der Waals surface area (Å²) < 4.78 is 37.3. The number of nitrogens with zero attached hydrogens (tertiary/aromatic N) is 1. The Morgan fingerprint density at radius 2 is 1.70 bits per heavy atom. The summed E-state index contributed by atoms with van der Waals surface area (Å²) in [5.74, 6) is 0.129. The monoisotopic (exact) mass is 391 g/mol. The van der Waals surface area contributed by atoms with Gasteiger partial charge in [-0.05, 0) is 55.7 Å². The fourth-order valence-electron chi connectivity index (χ4n) is 2.43. The third-order valence-electron chi connectivity index (χ3n) is 4.13. The van der Waals surface area contributed by atoms with E-state index in [1.165, 1.54) is 20.2 Å². The summed E-state index contributed by atoms with van der Waals surface area (Å²) in [4.78, 5) is 12.8. The topological polar surface area (TPSA) is 72.9 Å². The largest absolute Gasteiger partial charge is 0.490 e. The van der Waals surface area contributed by atoms with E-state index in [1.54, 1.807) is 44.2 Å².